The summed E-state index contributed by atoms with van der Waals surface area (Å²) in [5.41, 5.74) is 1.03. The molecule has 4 heteroatoms. The third kappa shape index (κ3) is 1.39. The molecule has 0 fully saturated rings. The van der Waals surface area contributed by atoms with Crippen LogP contribution in [0.3, 0.4) is 0 Å². The summed E-state index contributed by atoms with van der Waals surface area (Å²) < 4.78 is 5.33. The van der Waals surface area contributed by atoms with E-state index in [1.807, 2.05) is 0 Å². The van der Waals surface area contributed by atoms with E-state index in [9.17, 15) is 0 Å². The van der Waals surface area contributed by atoms with Gasteiger partial charge >= 0.3 is 0 Å². The molecule has 1 aliphatic heterocycles. The largest absolute Gasteiger partial charge is 0.475 e. The van der Waals surface area contributed by atoms with E-state index >= 15 is 0 Å². The zero-order valence-electron chi connectivity index (χ0n) is 6.91. The minimum absolute atomic E-state index is 0.698. The molecule has 0 atom stereocenters. The Morgan fingerprint density at radius 1 is 1.58 bits per heavy atom. The lowest BCUT2D eigenvalue weighted by atomic mass is 10.3. The van der Waals surface area contributed by atoms with Crippen molar-refractivity contribution < 1.29 is 4.74 Å². The Labute approximate surface area is 75.5 Å². The van der Waals surface area contributed by atoms with Crippen molar-refractivity contribution in [2.75, 3.05) is 12.4 Å². The summed E-state index contributed by atoms with van der Waals surface area (Å²) in [6.45, 7) is 2.82. The maximum absolute atomic E-state index is 5.33. The third-order valence-corrected chi connectivity index (χ3v) is 2.69. The van der Waals surface area contributed by atoms with Crippen molar-refractivity contribution in [2.45, 2.75) is 18.2 Å². The first-order valence-corrected chi connectivity index (χ1v) is 5.01. The molecule has 0 aromatic carbocycles. The van der Waals surface area contributed by atoms with E-state index in [-0.39, 0.29) is 0 Å². The number of rotatable bonds is 1. The molecule has 0 aliphatic carbocycles. The molecule has 2 heterocycles. The molecule has 0 N–H and O–H groups in total. The monoisotopic (exact) mass is 182 g/mol. The Morgan fingerprint density at radius 3 is 3.33 bits per heavy atom. The number of hydrogen-bond donors (Lipinski definition) is 0. The molecule has 0 spiro atoms. The van der Waals surface area contributed by atoms with Gasteiger partial charge in [0.1, 0.15) is 0 Å². The first-order chi connectivity index (χ1) is 5.90. The van der Waals surface area contributed by atoms with Gasteiger partial charge < -0.3 is 4.74 Å². The molecule has 0 saturated carbocycles. The van der Waals surface area contributed by atoms with Crippen LogP contribution in [0.1, 0.15) is 12.6 Å². The quantitative estimate of drug-likeness (QED) is 0.659. The van der Waals surface area contributed by atoms with Gasteiger partial charge in [-0.2, -0.15) is 5.10 Å². The van der Waals surface area contributed by atoms with E-state index in [0.29, 0.717) is 5.88 Å². The lowest BCUT2D eigenvalue weighted by Gasteiger charge is -2.14. The predicted molar refractivity (Wildman–Crippen MR) is 47.6 cm³/mol. The van der Waals surface area contributed by atoms with Gasteiger partial charge in [0.25, 0.3) is 0 Å². The molecule has 0 amide bonds. The first kappa shape index (κ1) is 7.86. The van der Waals surface area contributed by atoms with Gasteiger partial charge in [-0.3, -0.25) is 0 Å². The molecule has 3 nitrogen and oxygen atoms in total. The van der Waals surface area contributed by atoms with Crippen LogP contribution in [0.5, 0.6) is 5.88 Å². The van der Waals surface area contributed by atoms with Gasteiger partial charge in [0.05, 0.1) is 17.2 Å². The summed E-state index contributed by atoms with van der Waals surface area (Å²) in [6.07, 6.45) is 0.931. The van der Waals surface area contributed by atoms with E-state index in [2.05, 4.69) is 23.2 Å². The Bertz CT molecular complexity index is 290. The Kier molecular flexibility index (Phi) is 2.17. The Balaban J connectivity index is 2.36. The van der Waals surface area contributed by atoms with Crippen LogP contribution >= 0.6 is 11.8 Å². The SMILES string of the molecule is CCc1cc2c(nn1)OCCS2. The highest BCUT2D eigenvalue weighted by Gasteiger charge is 2.12. The number of aryl methyl sites for hydroxylation is 1. The van der Waals surface area contributed by atoms with Crippen molar-refractivity contribution in [1.82, 2.24) is 10.2 Å². The molecule has 0 bridgehead atoms. The van der Waals surface area contributed by atoms with Crippen LogP contribution < -0.4 is 4.74 Å². The van der Waals surface area contributed by atoms with E-state index in [4.69, 9.17) is 4.74 Å². The molecular weight excluding hydrogens is 172 g/mol. The molecule has 12 heavy (non-hydrogen) atoms. The number of ether oxygens (including phenoxy) is 1. The second-order valence-electron chi connectivity index (χ2n) is 2.56. The van der Waals surface area contributed by atoms with Crippen molar-refractivity contribution in [1.29, 1.82) is 0 Å². The lowest BCUT2D eigenvalue weighted by molar-refractivity contribution is 0.310. The maximum Gasteiger partial charge on any atom is 0.247 e. The Hall–Kier alpha value is -0.770. The summed E-state index contributed by atoms with van der Waals surface area (Å²) in [4.78, 5) is 1.13. The maximum atomic E-state index is 5.33. The molecule has 1 aromatic heterocycles. The summed E-state index contributed by atoms with van der Waals surface area (Å²) in [5.74, 6) is 1.71. The van der Waals surface area contributed by atoms with Gasteiger partial charge in [0.15, 0.2) is 0 Å². The fourth-order valence-electron chi connectivity index (χ4n) is 1.07. The third-order valence-electron chi connectivity index (χ3n) is 1.72. The molecule has 0 saturated heterocycles. The smallest absolute Gasteiger partial charge is 0.247 e. The molecule has 0 unspecified atom stereocenters. The zero-order valence-corrected chi connectivity index (χ0v) is 7.73. The van der Waals surface area contributed by atoms with Crippen molar-refractivity contribution in [2.24, 2.45) is 0 Å². The van der Waals surface area contributed by atoms with Crippen LogP contribution in [0.4, 0.5) is 0 Å². The van der Waals surface area contributed by atoms with Gasteiger partial charge in [-0.25, -0.2) is 0 Å². The molecule has 0 radical (unpaired) electrons. The number of nitrogens with zero attached hydrogens (tertiary/aromatic N) is 2. The highest BCUT2D eigenvalue weighted by Crippen LogP contribution is 2.30. The Morgan fingerprint density at radius 2 is 2.50 bits per heavy atom. The topological polar surface area (TPSA) is 35.0 Å². The van der Waals surface area contributed by atoms with Gasteiger partial charge in [0, 0.05) is 5.75 Å². The summed E-state index contributed by atoms with van der Waals surface area (Å²) >= 11 is 1.79. The summed E-state index contributed by atoms with van der Waals surface area (Å²) in [7, 11) is 0. The van der Waals surface area contributed by atoms with Crippen LogP contribution in [-0.4, -0.2) is 22.6 Å². The average molecular weight is 182 g/mol. The minimum Gasteiger partial charge on any atom is -0.475 e. The minimum atomic E-state index is 0.698. The first-order valence-electron chi connectivity index (χ1n) is 4.02. The van der Waals surface area contributed by atoms with Crippen molar-refractivity contribution in [3.63, 3.8) is 0 Å². The second kappa shape index (κ2) is 3.31. The lowest BCUT2D eigenvalue weighted by Crippen LogP contribution is -2.09. The van der Waals surface area contributed by atoms with Crippen LogP contribution in [0, 0.1) is 0 Å². The van der Waals surface area contributed by atoms with E-state index in [0.717, 1.165) is 29.4 Å². The van der Waals surface area contributed by atoms with Crippen LogP contribution in [-0.2, 0) is 6.42 Å². The van der Waals surface area contributed by atoms with Crippen LogP contribution in [0.2, 0.25) is 0 Å². The molecule has 2 rings (SSSR count). The van der Waals surface area contributed by atoms with E-state index in [1.165, 1.54) is 0 Å². The van der Waals surface area contributed by atoms with E-state index < -0.39 is 0 Å². The van der Waals surface area contributed by atoms with E-state index in [1.54, 1.807) is 11.8 Å². The standard InChI is InChI=1S/C8H10N2OS/c1-2-6-5-7-8(10-9-6)11-3-4-12-7/h5H,2-4H2,1H3. The number of thioether (sulfide) groups is 1. The van der Waals surface area contributed by atoms with Crippen molar-refractivity contribution in [3.05, 3.63) is 11.8 Å². The van der Waals surface area contributed by atoms with Gasteiger partial charge in [-0.05, 0) is 12.5 Å². The van der Waals surface area contributed by atoms with Gasteiger partial charge in [-0.15, -0.1) is 16.9 Å². The molecule has 64 valence electrons. The normalized spacial score (nSPS) is 15.1. The molecule has 1 aliphatic rings. The number of fused-ring (bicyclic) bond motifs is 1. The average Bonchev–Trinajstić information content (AvgIpc) is 2.17. The highest BCUT2D eigenvalue weighted by molar-refractivity contribution is 7.99. The van der Waals surface area contributed by atoms with Gasteiger partial charge in [-0.1, -0.05) is 6.92 Å². The fourth-order valence-corrected chi connectivity index (χ4v) is 1.90. The predicted octanol–water partition coefficient (Wildman–Crippen LogP) is 1.52. The van der Waals surface area contributed by atoms with Crippen molar-refractivity contribution in [3.8, 4) is 5.88 Å². The van der Waals surface area contributed by atoms with Crippen LogP contribution in [0.25, 0.3) is 0 Å². The molecule has 1 aromatic rings. The number of hydrogen-bond acceptors (Lipinski definition) is 4. The second-order valence-corrected chi connectivity index (χ2v) is 3.69. The fraction of sp³-hybridized carbons (Fsp3) is 0.500. The van der Waals surface area contributed by atoms with Crippen molar-refractivity contribution >= 4 is 11.8 Å². The van der Waals surface area contributed by atoms with Crippen LogP contribution in [0.15, 0.2) is 11.0 Å². The highest BCUT2D eigenvalue weighted by atomic mass is 32.2. The summed E-state index contributed by atoms with van der Waals surface area (Å²) in [5, 5.41) is 8.02. The van der Waals surface area contributed by atoms with Gasteiger partial charge in [0.2, 0.25) is 5.88 Å². The zero-order chi connectivity index (χ0) is 8.39. The molecular formula is C8H10N2OS. The number of aromatic nitrogens is 2. The summed E-state index contributed by atoms with van der Waals surface area (Å²) in [6, 6.07) is 2.06.